The number of para-hydroxylation sites is 1. The number of hydrogen-bond acceptors (Lipinski definition) is 6. The lowest BCUT2D eigenvalue weighted by Gasteiger charge is -2.31. The fraction of sp³-hybridized carbons (Fsp3) is 0.526. The molecular formula is C19H21NO6. The molecule has 1 aromatic carbocycles. The Balaban J connectivity index is 1.63. The van der Waals surface area contributed by atoms with Crippen molar-refractivity contribution < 1.29 is 28.6 Å². The minimum Gasteiger partial charge on any atom is -0.457 e. The van der Waals surface area contributed by atoms with Gasteiger partial charge in [0.1, 0.15) is 18.3 Å². The Morgan fingerprint density at radius 1 is 1.08 bits per heavy atom. The van der Waals surface area contributed by atoms with Crippen molar-refractivity contribution in [2.75, 3.05) is 12.0 Å². The topological polar surface area (TPSA) is 82.1 Å². The number of ether oxygens (including phenoxy) is 3. The molecule has 0 spiro atoms. The van der Waals surface area contributed by atoms with Crippen molar-refractivity contribution in [3.05, 3.63) is 30.3 Å². The largest absolute Gasteiger partial charge is 0.457 e. The predicted octanol–water partition coefficient (Wildman–Crippen LogP) is 1.30. The van der Waals surface area contributed by atoms with Crippen molar-refractivity contribution in [1.82, 2.24) is 0 Å². The number of carbonyl (C=O) groups is 3. The SMILES string of the molecule is CCCC(=O)OC1C(OC)C2OC1C1C(=O)N(c3ccccc3)C(=O)C21. The molecule has 26 heavy (non-hydrogen) atoms. The van der Waals surface area contributed by atoms with Gasteiger partial charge in [0.25, 0.3) is 0 Å². The third-order valence-corrected chi connectivity index (χ3v) is 5.40. The Kier molecular flexibility index (Phi) is 4.28. The summed E-state index contributed by atoms with van der Waals surface area (Å²) in [6, 6.07) is 8.84. The smallest absolute Gasteiger partial charge is 0.306 e. The van der Waals surface area contributed by atoms with Crippen molar-refractivity contribution in [3.63, 3.8) is 0 Å². The van der Waals surface area contributed by atoms with Crippen LogP contribution >= 0.6 is 0 Å². The number of nitrogens with zero attached hydrogens (tertiary/aromatic N) is 1. The average molecular weight is 359 g/mol. The molecule has 0 saturated carbocycles. The van der Waals surface area contributed by atoms with E-state index >= 15 is 0 Å². The van der Waals surface area contributed by atoms with Crippen molar-refractivity contribution in [2.24, 2.45) is 11.8 Å². The average Bonchev–Trinajstić information content (AvgIpc) is 3.25. The van der Waals surface area contributed by atoms with E-state index in [1.165, 1.54) is 12.0 Å². The van der Waals surface area contributed by atoms with Crippen LogP contribution in [-0.4, -0.2) is 49.3 Å². The molecule has 0 aliphatic carbocycles. The van der Waals surface area contributed by atoms with Gasteiger partial charge in [-0.25, -0.2) is 4.90 Å². The molecule has 7 heteroatoms. The second kappa shape index (κ2) is 6.48. The first-order valence-corrected chi connectivity index (χ1v) is 8.89. The van der Waals surface area contributed by atoms with Crippen LogP contribution < -0.4 is 4.90 Å². The highest BCUT2D eigenvalue weighted by atomic mass is 16.6. The fourth-order valence-electron chi connectivity index (χ4n) is 4.34. The van der Waals surface area contributed by atoms with E-state index in [0.29, 0.717) is 18.5 Å². The highest BCUT2D eigenvalue weighted by Gasteiger charge is 2.70. The number of amides is 2. The molecule has 0 aromatic heterocycles. The number of anilines is 1. The van der Waals surface area contributed by atoms with E-state index in [1.54, 1.807) is 24.3 Å². The summed E-state index contributed by atoms with van der Waals surface area (Å²) in [7, 11) is 1.50. The van der Waals surface area contributed by atoms with Crippen LogP contribution in [0, 0.1) is 11.8 Å². The minimum atomic E-state index is -0.669. The Hall–Kier alpha value is -2.25. The van der Waals surface area contributed by atoms with Crippen LogP contribution in [0.5, 0.6) is 0 Å². The van der Waals surface area contributed by atoms with Crippen molar-refractivity contribution in [2.45, 2.75) is 44.2 Å². The number of rotatable bonds is 5. The second-order valence-corrected chi connectivity index (χ2v) is 6.87. The lowest BCUT2D eigenvalue weighted by molar-refractivity contribution is -0.161. The number of fused-ring (bicyclic) bond motifs is 5. The van der Waals surface area contributed by atoms with Gasteiger partial charge in [-0.1, -0.05) is 25.1 Å². The van der Waals surface area contributed by atoms with E-state index in [0.717, 1.165) is 0 Å². The third-order valence-electron chi connectivity index (χ3n) is 5.40. The van der Waals surface area contributed by atoms with Crippen LogP contribution in [0.15, 0.2) is 30.3 Å². The van der Waals surface area contributed by atoms with Crippen LogP contribution in [0.2, 0.25) is 0 Å². The first-order valence-electron chi connectivity index (χ1n) is 8.89. The standard InChI is InChI=1S/C19H21NO6/c1-3-7-11(21)25-17-15-13-12(14(26-15)16(17)24-2)18(22)20(19(13)23)10-8-5-4-6-9-10/h4-6,8-9,12-17H,3,7H2,1-2H3. The first kappa shape index (κ1) is 17.2. The predicted molar refractivity (Wildman–Crippen MR) is 90.2 cm³/mol. The molecule has 3 aliphatic heterocycles. The quantitative estimate of drug-likeness (QED) is 0.582. The number of esters is 1. The molecule has 4 rings (SSSR count). The van der Waals surface area contributed by atoms with Gasteiger partial charge in [0.15, 0.2) is 6.10 Å². The summed E-state index contributed by atoms with van der Waals surface area (Å²) in [5.41, 5.74) is 0.546. The van der Waals surface area contributed by atoms with Gasteiger partial charge < -0.3 is 14.2 Å². The van der Waals surface area contributed by atoms with E-state index in [-0.39, 0.29) is 17.8 Å². The van der Waals surface area contributed by atoms with Gasteiger partial charge in [-0.2, -0.15) is 0 Å². The van der Waals surface area contributed by atoms with Gasteiger partial charge in [0, 0.05) is 13.5 Å². The number of hydrogen-bond donors (Lipinski definition) is 0. The summed E-state index contributed by atoms with van der Waals surface area (Å²) >= 11 is 0. The van der Waals surface area contributed by atoms with Crippen molar-refractivity contribution >= 4 is 23.5 Å². The Morgan fingerprint density at radius 2 is 1.69 bits per heavy atom. The van der Waals surface area contributed by atoms with Crippen molar-refractivity contribution in [3.8, 4) is 0 Å². The lowest BCUT2D eigenvalue weighted by Crippen LogP contribution is -2.50. The summed E-state index contributed by atoms with van der Waals surface area (Å²) in [5, 5.41) is 0. The van der Waals surface area contributed by atoms with Crippen LogP contribution in [0.3, 0.4) is 0 Å². The van der Waals surface area contributed by atoms with E-state index < -0.39 is 36.3 Å². The summed E-state index contributed by atoms with van der Waals surface area (Å²) in [5.74, 6) is -2.16. The Bertz CT molecular complexity index is 735. The van der Waals surface area contributed by atoms with Gasteiger partial charge in [-0.15, -0.1) is 0 Å². The maximum Gasteiger partial charge on any atom is 0.306 e. The van der Waals surface area contributed by atoms with Crippen LogP contribution in [-0.2, 0) is 28.6 Å². The summed E-state index contributed by atoms with van der Waals surface area (Å²) in [6.45, 7) is 1.89. The molecule has 3 aliphatic rings. The van der Waals surface area contributed by atoms with E-state index in [1.807, 2.05) is 13.0 Å². The van der Waals surface area contributed by atoms with Crippen LogP contribution in [0.4, 0.5) is 5.69 Å². The van der Waals surface area contributed by atoms with Crippen LogP contribution in [0.25, 0.3) is 0 Å². The summed E-state index contributed by atoms with van der Waals surface area (Å²) in [6.07, 6.45) is -1.49. The van der Waals surface area contributed by atoms with Gasteiger partial charge in [-0.05, 0) is 18.6 Å². The van der Waals surface area contributed by atoms with Gasteiger partial charge in [0.05, 0.1) is 17.5 Å². The Morgan fingerprint density at radius 3 is 2.27 bits per heavy atom. The van der Waals surface area contributed by atoms with E-state index in [4.69, 9.17) is 14.2 Å². The number of carbonyl (C=O) groups excluding carboxylic acids is 3. The number of benzene rings is 1. The molecule has 0 radical (unpaired) electrons. The lowest BCUT2D eigenvalue weighted by atomic mass is 9.78. The minimum absolute atomic E-state index is 0.279. The van der Waals surface area contributed by atoms with E-state index in [2.05, 4.69) is 0 Å². The molecule has 3 fully saturated rings. The maximum atomic E-state index is 13.0. The second-order valence-electron chi connectivity index (χ2n) is 6.87. The molecule has 3 saturated heterocycles. The first-order chi connectivity index (χ1) is 12.6. The molecule has 2 amide bonds. The highest BCUT2D eigenvalue weighted by molar-refractivity contribution is 6.22. The molecule has 7 nitrogen and oxygen atoms in total. The van der Waals surface area contributed by atoms with Gasteiger partial charge in [0.2, 0.25) is 11.8 Å². The fourth-order valence-corrected chi connectivity index (χ4v) is 4.34. The zero-order valence-electron chi connectivity index (χ0n) is 14.7. The number of methoxy groups -OCH3 is 1. The Labute approximate surface area is 151 Å². The third kappa shape index (κ3) is 2.38. The number of imide groups is 1. The molecule has 0 N–H and O–H groups in total. The van der Waals surface area contributed by atoms with Gasteiger partial charge >= 0.3 is 5.97 Å². The molecule has 3 heterocycles. The zero-order chi connectivity index (χ0) is 18.4. The normalized spacial score (nSPS) is 35.1. The molecular weight excluding hydrogens is 338 g/mol. The maximum absolute atomic E-state index is 13.0. The monoisotopic (exact) mass is 359 g/mol. The van der Waals surface area contributed by atoms with Gasteiger partial charge in [-0.3, -0.25) is 14.4 Å². The molecule has 2 bridgehead atoms. The highest BCUT2D eigenvalue weighted by Crippen LogP contribution is 2.51. The molecule has 6 unspecified atom stereocenters. The van der Waals surface area contributed by atoms with Crippen molar-refractivity contribution in [1.29, 1.82) is 0 Å². The summed E-state index contributed by atoms with van der Waals surface area (Å²) < 4.78 is 16.9. The van der Waals surface area contributed by atoms with Crippen LogP contribution in [0.1, 0.15) is 19.8 Å². The van der Waals surface area contributed by atoms with E-state index in [9.17, 15) is 14.4 Å². The zero-order valence-corrected chi connectivity index (χ0v) is 14.7. The molecule has 6 atom stereocenters. The molecule has 1 aromatic rings. The summed E-state index contributed by atoms with van der Waals surface area (Å²) in [4.78, 5) is 39.1. The molecule has 138 valence electrons.